The van der Waals surface area contributed by atoms with E-state index in [1.807, 2.05) is 0 Å². The van der Waals surface area contributed by atoms with Gasteiger partial charge in [0, 0.05) is 18.9 Å². The number of carboxylic acid groups (broad SMARTS) is 1. The number of carboxylic acids is 1. The Bertz CT molecular complexity index is 546. The molecule has 0 fully saturated rings. The molecule has 0 aliphatic rings. The Labute approximate surface area is 131 Å². The molecule has 25 heavy (non-hydrogen) atoms. The van der Waals surface area contributed by atoms with Crippen molar-refractivity contribution in [2.24, 2.45) is 0 Å². The van der Waals surface area contributed by atoms with Crippen LogP contribution in [-0.4, -0.2) is 46.6 Å². The van der Waals surface area contributed by atoms with Crippen LogP contribution in [0.3, 0.4) is 0 Å². The van der Waals surface area contributed by atoms with Crippen molar-refractivity contribution in [1.29, 1.82) is 0 Å². The molecule has 0 saturated carbocycles. The summed E-state index contributed by atoms with van der Waals surface area (Å²) in [5.41, 5.74) is -1.85. The van der Waals surface area contributed by atoms with Gasteiger partial charge < -0.3 is 5.11 Å². The summed E-state index contributed by atoms with van der Waals surface area (Å²) in [5, 5.41) is 8.18. The molecule has 0 atom stereocenters. The smallest absolute Gasteiger partial charge is 0.384 e. The molecule has 0 aliphatic carbocycles. The SMILES string of the molecule is C=C(CC(F)(F)C(F)(F)C(F)(F)C(F)(F)C(F)(F)C(C)(F)F)C(=O)O. The Morgan fingerprint density at radius 3 is 1.36 bits per heavy atom. The van der Waals surface area contributed by atoms with Crippen LogP contribution in [0.4, 0.5) is 52.7 Å². The van der Waals surface area contributed by atoms with Crippen LogP contribution in [0.25, 0.3) is 0 Å². The quantitative estimate of drug-likeness (QED) is 0.467. The molecule has 0 radical (unpaired) electrons. The minimum atomic E-state index is -7.69. The first-order valence-electron chi connectivity index (χ1n) is 5.76. The fourth-order valence-electron chi connectivity index (χ4n) is 1.35. The highest BCUT2D eigenvalue weighted by atomic mass is 19.4. The third kappa shape index (κ3) is 3.38. The van der Waals surface area contributed by atoms with Gasteiger partial charge in [0.05, 0.1) is 0 Å². The summed E-state index contributed by atoms with van der Waals surface area (Å²) in [5.74, 6) is -44.5. The van der Waals surface area contributed by atoms with Crippen LogP contribution in [0.1, 0.15) is 13.3 Å². The average molecular weight is 400 g/mol. The summed E-state index contributed by atoms with van der Waals surface area (Å²) < 4.78 is 156. The van der Waals surface area contributed by atoms with E-state index in [4.69, 9.17) is 5.11 Å². The van der Waals surface area contributed by atoms with E-state index >= 15 is 0 Å². The van der Waals surface area contributed by atoms with Gasteiger partial charge in [0.2, 0.25) is 0 Å². The van der Waals surface area contributed by atoms with Gasteiger partial charge in [0.1, 0.15) is 0 Å². The highest BCUT2D eigenvalue weighted by Crippen LogP contribution is 2.60. The van der Waals surface area contributed by atoms with Crippen molar-refractivity contribution in [2.45, 2.75) is 48.9 Å². The number of aliphatic carboxylic acids is 1. The molecular weight excluding hydrogens is 392 g/mol. The molecule has 2 nitrogen and oxygen atoms in total. The minimum Gasteiger partial charge on any atom is -0.478 e. The lowest BCUT2D eigenvalue weighted by Crippen LogP contribution is -2.70. The van der Waals surface area contributed by atoms with Gasteiger partial charge in [-0.25, -0.2) is 4.79 Å². The summed E-state index contributed by atoms with van der Waals surface area (Å²) in [6, 6.07) is 0. The van der Waals surface area contributed by atoms with Crippen molar-refractivity contribution in [2.75, 3.05) is 0 Å². The fraction of sp³-hybridized carbons (Fsp3) is 0.727. The van der Waals surface area contributed by atoms with E-state index < -0.39 is 60.4 Å². The lowest BCUT2D eigenvalue weighted by atomic mass is 9.89. The van der Waals surface area contributed by atoms with Gasteiger partial charge in [-0.05, 0) is 0 Å². The zero-order valence-electron chi connectivity index (χ0n) is 11.8. The first-order chi connectivity index (χ1) is 10.6. The Morgan fingerprint density at radius 1 is 0.760 bits per heavy atom. The molecule has 0 aromatic carbocycles. The molecule has 0 aromatic heterocycles. The number of hydrogen-bond donors (Lipinski definition) is 1. The maximum Gasteiger partial charge on any atom is 0.384 e. The molecule has 148 valence electrons. The third-order valence-electron chi connectivity index (χ3n) is 2.93. The van der Waals surface area contributed by atoms with Gasteiger partial charge in [-0.1, -0.05) is 6.58 Å². The van der Waals surface area contributed by atoms with Gasteiger partial charge in [-0.15, -0.1) is 0 Å². The van der Waals surface area contributed by atoms with Crippen LogP contribution in [-0.2, 0) is 4.79 Å². The van der Waals surface area contributed by atoms with Crippen LogP contribution in [0.2, 0.25) is 0 Å². The highest BCUT2D eigenvalue weighted by molar-refractivity contribution is 5.85. The van der Waals surface area contributed by atoms with Crippen molar-refractivity contribution in [3.8, 4) is 0 Å². The zero-order chi connectivity index (χ0) is 20.9. The van der Waals surface area contributed by atoms with E-state index in [2.05, 4.69) is 6.58 Å². The Balaban J connectivity index is 6.20. The second-order valence-corrected chi connectivity index (χ2v) is 4.98. The predicted octanol–water partition coefficient (Wildman–Crippen LogP) is 4.85. The molecule has 0 heterocycles. The van der Waals surface area contributed by atoms with Gasteiger partial charge in [0.15, 0.2) is 0 Å². The number of hydrogen-bond acceptors (Lipinski definition) is 1. The largest absolute Gasteiger partial charge is 0.478 e. The second-order valence-electron chi connectivity index (χ2n) is 4.98. The Hall–Kier alpha value is -1.63. The maximum absolute atomic E-state index is 13.2. The van der Waals surface area contributed by atoms with E-state index in [-0.39, 0.29) is 0 Å². The van der Waals surface area contributed by atoms with Gasteiger partial charge in [0.25, 0.3) is 0 Å². The number of alkyl halides is 12. The molecule has 0 aromatic rings. The third-order valence-corrected chi connectivity index (χ3v) is 2.93. The van der Waals surface area contributed by atoms with Crippen LogP contribution in [0.15, 0.2) is 12.2 Å². The van der Waals surface area contributed by atoms with E-state index in [0.717, 1.165) is 0 Å². The first-order valence-corrected chi connectivity index (χ1v) is 5.76. The van der Waals surface area contributed by atoms with Crippen LogP contribution < -0.4 is 0 Å². The topological polar surface area (TPSA) is 37.3 Å². The monoisotopic (exact) mass is 400 g/mol. The molecular formula is C11H8F12O2. The number of carbonyl (C=O) groups is 1. The van der Waals surface area contributed by atoms with Gasteiger partial charge in [-0.3, -0.25) is 0 Å². The summed E-state index contributed by atoms with van der Waals surface area (Å²) in [6.07, 6.45) is -2.84. The lowest BCUT2D eigenvalue weighted by Gasteiger charge is -2.40. The maximum atomic E-state index is 13.2. The number of rotatable bonds is 8. The molecule has 0 bridgehead atoms. The number of halogens is 12. The highest BCUT2D eigenvalue weighted by Gasteiger charge is 2.89. The van der Waals surface area contributed by atoms with Crippen molar-refractivity contribution in [3.05, 3.63) is 12.2 Å². The lowest BCUT2D eigenvalue weighted by molar-refractivity contribution is -0.422. The van der Waals surface area contributed by atoms with Crippen LogP contribution in [0, 0.1) is 0 Å². The molecule has 0 unspecified atom stereocenters. The van der Waals surface area contributed by atoms with Crippen molar-refractivity contribution in [3.63, 3.8) is 0 Å². The Kier molecular flexibility index (Phi) is 5.58. The Morgan fingerprint density at radius 2 is 1.08 bits per heavy atom. The summed E-state index contributed by atoms with van der Waals surface area (Å²) in [7, 11) is 0. The van der Waals surface area contributed by atoms with Crippen LogP contribution >= 0.6 is 0 Å². The minimum absolute atomic E-state index is 1.01. The second kappa shape index (κ2) is 5.97. The van der Waals surface area contributed by atoms with E-state index in [1.165, 1.54) is 0 Å². The molecule has 0 rings (SSSR count). The molecule has 1 N–H and O–H groups in total. The van der Waals surface area contributed by atoms with Gasteiger partial charge >= 0.3 is 41.5 Å². The standard InChI is InChI=1S/C11H8F12O2/c1-4(5(24)25)3-7(14,15)9(18,19)11(22,23)10(20,21)8(16,17)6(2,12)13/h1,3H2,2H3,(H,24,25). The molecule has 0 spiro atoms. The molecule has 14 heteroatoms. The van der Waals surface area contributed by atoms with E-state index in [1.54, 1.807) is 0 Å². The van der Waals surface area contributed by atoms with Crippen LogP contribution in [0.5, 0.6) is 0 Å². The van der Waals surface area contributed by atoms with Crippen molar-refractivity contribution in [1.82, 2.24) is 0 Å². The average Bonchev–Trinajstić information content (AvgIpc) is 2.35. The molecule has 0 aliphatic heterocycles. The predicted molar refractivity (Wildman–Crippen MR) is 56.7 cm³/mol. The van der Waals surface area contributed by atoms with E-state index in [9.17, 15) is 57.5 Å². The fourth-order valence-corrected chi connectivity index (χ4v) is 1.35. The summed E-state index contributed by atoms with van der Waals surface area (Å²) in [6.45, 7) is 1.26. The van der Waals surface area contributed by atoms with E-state index in [0.29, 0.717) is 0 Å². The molecule has 0 amide bonds. The normalized spacial score (nSPS) is 15.2. The summed E-state index contributed by atoms with van der Waals surface area (Å²) in [4.78, 5) is 10.2. The van der Waals surface area contributed by atoms with Crippen molar-refractivity contribution >= 4 is 5.97 Å². The van der Waals surface area contributed by atoms with Crippen molar-refractivity contribution < 1.29 is 62.6 Å². The first kappa shape index (κ1) is 23.4. The molecule has 0 saturated heterocycles. The zero-order valence-corrected chi connectivity index (χ0v) is 11.8. The van der Waals surface area contributed by atoms with Gasteiger partial charge in [-0.2, -0.15) is 52.7 Å². The summed E-state index contributed by atoms with van der Waals surface area (Å²) >= 11 is 0.